The Morgan fingerprint density at radius 1 is 1.39 bits per heavy atom. The molecule has 2 aromatic rings. The van der Waals surface area contributed by atoms with Gasteiger partial charge in [-0.05, 0) is 6.92 Å². The highest BCUT2D eigenvalue weighted by molar-refractivity contribution is 5.76. The van der Waals surface area contributed by atoms with Gasteiger partial charge < -0.3 is 14.8 Å². The zero-order chi connectivity index (χ0) is 12.5. The number of nitrogens with zero attached hydrogens (tertiary/aromatic N) is 4. The number of H-pyrrole nitrogens is 1. The molecular formula is C11H16N6O. The third-order valence-corrected chi connectivity index (χ3v) is 3.26. The molecule has 0 radical (unpaired) electrons. The molecule has 2 N–H and O–H groups in total. The minimum absolute atomic E-state index is 0.178. The van der Waals surface area contributed by atoms with E-state index < -0.39 is 0 Å². The number of aromatic amines is 1. The van der Waals surface area contributed by atoms with Crippen molar-refractivity contribution in [1.82, 2.24) is 25.1 Å². The number of hydrogen-bond acceptors (Lipinski definition) is 5. The summed E-state index contributed by atoms with van der Waals surface area (Å²) in [7, 11) is 0. The van der Waals surface area contributed by atoms with Gasteiger partial charge in [0.15, 0.2) is 0 Å². The SMILES string of the molecule is CCn1c(N2CCNCC2)nc2cn[nH]c(=O)c21. The summed E-state index contributed by atoms with van der Waals surface area (Å²) in [5.41, 5.74) is 1.10. The molecule has 18 heavy (non-hydrogen) atoms. The molecule has 0 atom stereocenters. The van der Waals surface area contributed by atoms with Crippen LogP contribution >= 0.6 is 0 Å². The standard InChI is InChI=1S/C11H16N6O/c1-2-17-9-8(7-13-15-10(9)18)14-11(17)16-5-3-12-4-6-16/h7,12H,2-6H2,1H3,(H,15,18). The fourth-order valence-corrected chi connectivity index (χ4v) is 2.40. The molecule has 1 aliphatic rings. The van der Waals surface area contributed by atoms with Gasteiger partial charge in [-0.15, -0.1) is 0 Å². The predicted molar refractivity (Wildman–Crippen MR) is 68.9 cm³/mol. The summed E-state index contributed by atoms with van der Waals surface area (Å²) in [6, 6.07) is 0. The van der Waals surface area contributed by atoms with Crippen LogP contribution < -0.4 is 15.8 Å². The molecule has 1 aliphatic heterocycles. The summed E-state index contributed by atoms with van der Waals surface area (Å²) in [5, 5.41) is 9.58. The predicted octanol–water partition coefficient (Wildman–Crippen LogP) is -0.451. The molecule has 3 rings (SSSR count). The van der Waals surface area contributed by atoms with Gasteiger partial charge in [0.2, 0.25) is 5.95 Å². The minimum atomic E-state index is -0.178. The second-order valence-corrected chi connectivity index (χ2v) is 4.33. The molecule has 0 spiro atoms. The Morgan fingerprint density at radius 3 is 2.89 bits per heavy atom. The maximum atomic E-state index is 11.8. The highest BCUT2D eigenvalue weighted by Crippen LogP contribution is 2.19. The summed E-state index contributed by atoms with van der Waals surface area (Å²) in [6.45, 7) is 6.46. The number of imidazole rings is 1. The van der Waals surface area contributed by atoms with E-state index in [0.717, 1.165) is 38.7 Å². The Morgan fingerprint density at radius 2 is 2.17 bits per heavy atom. The molecule has 0 unspecified atom stereocenters. The molecule has 96 valence electrons. The summed E-state index contributed by atoms with van der Waals surface area (Å²) >= 11 is 0. The van der Waals surface area contributed by atoms with Crippen molar-refractivity contribution < 1.29 is 0 Å². The van der Waals surface area contributed by atoms with Crippen LogP contribution in [0.1, 0.15) is 6.92 Å². The van der Waals surface area contributed by atoms with Crippen molar-refractivity contribution in [2.24, 2.45) is 0 Å². The molecular weight excluding hydrogens is 232 g/mol. The first-order valence-electron chi connectivity index (χ1n) is 6.21. The van der Waals surface area contributed by atoms with Crippen LogP contribution in [0.5, 0.6) is 0 Å². The topological polar surface area (TPSA) is 78.8 Å². The lowest BCUT2D eigenvalue weighted by atomic mass is 10.4. The van der Waals surface area contributed by atoms with Crippen LogP contribution in [-0.2, 0) is 6.54 Å². The van der Waals surface area contributed by atoms with Crippen LogP contribution in [0.15, 0.2) is 11.0 Å². The first-order chi connectivity index (χ1) is 8.81. The molecule has 0 aromatic carbocycles. The largest absolute Gasteiger partial charge is 0.340 e. The van der Waals surface area contributed by atoms with E-state index in [2.05, 4.69) is 25.4 Å². The van der Waals surface area contributed by atoms with Gasteiger partial charge in [0.1, 0.15) is 11.0 Å². The lowest BCUT2D eigenvalue weighted by molar-refractivity contribution is 0.569. The minimum Gasteiger partial charge on any atom is -0.340 e. The van der Waals surface area contributed by atoms with E-state index in [1.807, 2.05) is 11.5 Å². The third kappa shape index (κ3) is 1.67. The third-order valence-electron chi connectivity index (χ3n) is 3.26. The molecule has 0 saturated carbocycles. The Bertz CT molecular complexity index is 610. The number of rotatable bonds is 2. The average molecular weight is 248 g/mol. The zero-order valence-electron chi connectivity index (χ0n) is 10.3. The first-order valence-corrected chi connectivity index (χ1v) is 6.21. The van der Waals surface area contributed by atoms with Gasteiger partial charge in [-0.2, -0.15) is 5.10 Å². The number of nitrogens with one attached hydrogen (secondary N) is 2. The van der Waals surface area contributed by atoms with Crippen LogP contribution in [-0.4, -0.2) is 45.9 Å². The Labute approximate surface area is 104 Å². The Kier molecular flexibility index (Phi) is 2.75. The lowest BCUT2D eigenvalue weighted by Gasteiger charge is -2.28. The van der Waals surface area contributed by atoms with Crippen molar-refractivity contribution in [3.8, 4) is 0 Å². The summed E-state index contributed by atoms with van der Waals surface area (Å²) in [4.78, 5) is 18.6. The second kappa shape index (κ2) is 4.41. The maximum Gasteiger partial charge on any atom is 0.290 e. The van der Waals surface area contributed by atoms with E-state index >= 15 is 0 Å². The van der Waals surface area contributed by atoms with E-state index in [-0.39, 0.29) is 5.56 Å². The number of aryl methyl sites for hydroxylation is 1. The highest BCUT2D eigenvalue weighted by atomic mass is 16.1. The van der Waals surface area contributed by atoms with Crippen molar-refractivity contribution in [1.29, 1.82) is 0 Å². The van der Waals surface area contributed by atoms with Crippen LogP contribution in [0, 0.1) is 0 Å². The lowest BCUT2D eigenvalue weighted by Crippen LogP contribution is -2.44. The molecule has 3 heterocycles. The smallest absolute Gasteiger partial charge is 0.290 e. The van der Waals surface area contributed by atoms with Gasteiger partial charge in [-0.25, -0.2) is 10.1 Å². The molecule has 7 heteroatoms. The van der Waals surface area contributed by atoms with Crippen LogP contribution in [0.4, 0.5) is 5.95 Å². The van der Waals surface area contributed by atoms with Crippen molar-refractivity contribution in [3.63, 3.8) is 0 Å². The average Bonchev–Trinajstić information content (AvgIpc) is 2.79. The number of anilines is 1. The molecule has 0 aliphatic carbocycles. The Hall–Kier alpha value is -1.89. The molecule has 7 nitrogen and oxygen atoms in total. The van der Waals surface area contributed by atoms with Crippen LogP contribution in [0.2, 0.25) is 0 Å². The fourth-order valence-electron chi connectivity index (χ4n) is 2.40. The van der Waals surface area contributed by atoms with E-state index in [0.29, 0.717) is 11.0 Å². The number of fused-ring (bicyclic) bond motifs is 1. The zero-order valence-corrected chi connectivity index (χ0v) is 10.3. The normalized spacial score (nSPS) is 16.4. The monoisotopic (exact) mass is 248 g/mol. The van der Waals surface area contributed by atoms with Crippen molar-refractivity contribution in [2.75, 3.05) is 31.1 Å². The van der Waals surface area contributed by atoms with E-state index in [1.54, 1.807) is 6.20 Å². The number of piperazine rings is 1. The van der Waals surface area contributed by atoms with Gasteiger partial charge >= 0.3 is 0 Å². The van der Waals surface area contributed by atoms with Crippen molar-refractivity contribution in [3.05, 3.63) is 16.6 Å². The van der Waals surface area contributed by atoms with E-state index in [9.17, 15) is 4.79 Å². The van der Waals surface area contributed by atoms with Crippen molar-refractivity contribution >= 4 is 17.0 Å². The molecule has 0 amide bonds. The van der Waals surface area contributed by atoms with Gasteiger partial charge in [-0.1, -0.05) is 0 Å². The first kappa shape index (κ1) is 11.2. The summed E-state index contributed by atoms with van der Waals surface area (Å²) < 4.78 is 1.96. The summed E-state index contributed by atoms with van der Waals surface area (Å²) in [5.74, 6) is 0.868. The number of hydrogen-bond donors (Lipinski definition) is 2. The summed E-state index contributed by atoms with van der Waals surface area (Å²) in [6.07, 6.45) is 1.61. The van der Waals surface area contributed by atoms with Gasteiger partial charge in [0, 0.05) is 32.7 Å². The van der Waals surface area contributed by atoms with E-state index in [1.165, 1.54) is 0 Å². The van der Waals surface area contributed by atoms with Crippen LogP contribution in [0.3, 0.4) is 0 Å². The quantitative estimate of drug-likeness (QED) is 0.752. The fraction of sp³-hybridized carbons (Fsp3) is 0.545. The van der Waals surface area contributed by atoms with Crippen LogP contribution in [0.25, 0.3) is 11.0 Å². The molecule has 2 aromatic heterocycles. The molecule has 1 fully saturated rings. The molecule has 0 bridgehead atoms. The van der Waals surface area contributed by atoms with Gasteiger partial charge in [0.25, 0.3) is 5.56 Å². The maximum absolute atomic E-state index is 11.8. The molecule has 1 saturated heterocycles. The second-order valence-electron chi connectivity index (χ2n) is 4.33. The number of aromatic nitrogens is 4. The highest BCUT2D eigenvalue weighted by Gasteiger charge is 2.19. The Balaban J connectivity index is 2.16. The van der Waals surface area contributed by atoms with E-state index in [4.69, 9.17) is 0 Å². The van der Waals surface area contributed by atoms with Gasteiger partial charge in [-0.3, -0.25) is 4.79 Å². The van der Waals surface area contributed by atoms with Crippen molar-refractivity contribution in [2.45, 2.75) is 13.5 Å². The van der Waals surface area contributed by atoms with Gasteiger partial charge in [0.05, 0.1) is 6.20 Å².